The molecule has 9 heteroatoms. The van der Waals surface area contributed by atoms with E-state index in [-0.39, 0.29) is 18.8 Å². The molecular weight excluding hydrogens is 402 g/mol. The highest BCUT2D eigenvalue weighted by Crippen LogP contribution is 2.16. The van der Waals surface area contributed by atoms with Crippen LogP contribution in [0.1, 0.15) is 35.4 Å². The summed E-state index contributed by atoms with van der Waals surface area (Å²) in [6.07, 6.45) is 1.31. The molecule has 0 aliphatic carbocycles. The molecule has 0 saturated carbocycles. The van der Waals surface area contributed by atoms with Crippen LogP contribution < -0.4 is 20.3 Å². The number of hydrogen-bond donors (Lipinski definition) is 3. The number of H-pyrrole nitrogens is 1. The van der Waals surface area contributed by atoms with Gasteiger partial charge in [-0.1, -0.05) is 12.1 Å². The fourth-order valence-corrected chi connectivity index (χ4v) is 2.93. The van der Waals surface area contributed by atoms with Crippen molar-refractivity contribution in [3.05, 3.63) is 64.2 Å². The summed E-state index contributed by atoms with van der Waals surface area (Å²) in [5.74, 6) is -0.239. The summed E-state index contributed by atoms with van der Waals surface area (Å²) in [7, 11) is 1.50. The first-order valence-corrected chi connectivity index (χ1v) is 9.76. The second-order valence-electron chi connectivity index (χ2n) is 6.83. The van der Waals surface area contributed by atoms with Gasteiger partial charge >= 0.3 is 5.97 Å². The van der Waals surface area contributed by atoms with E-state index in [1.165, 1.54) is 7.11 Å². The van der Waals surface area contributed by atoms with Crippen molar-refractivity contribution >= 4 is 22.8 Å². The third kappa shape index (κ3) is 6.05. The van der Waals surface area contributed by atoms with E-state index in [1.54, 1.807) is 36.4 Å². The van der Waals surface area contributed by atoms with Gasteiger partial charge in [0.15, 0.2) is 5.82 Å². The van der Waals surface area contributed by atoms with Crippen LogP contribution in [-0.4, -0.2) is 40.7 Å². The van der Waals surface area contributed by atoms with Crippen molar-refractivity contribution in [2.75, 3.05) is 13.7 Å². The molecule has 0 atom stereocenters. The van der Waals surface area contributed by atoms with Gasteiger partial charge in [0.1, 0.15) is 11.5 Å². The molecule has 3 aromatic rings. The Morgan fingerprint density at radius 1 is 1.13 bits per heavy atom. The molecule has 1 aromatic heterocycles. The van der Waals surface area contributed by atoms with Crippen molar-refractivity contribution in [3.63, 3.8) is 0 Å². The predicted octanol–water partition coefficient (Wildman–Crippen LogP) is 2.50. The smallest absolute Gasteiger partial charge is 0.303 e. The molecule has 0 radical (unpaired) electrons. The third-order valence-corrected chi connectivity index (χ3v) is 4.53. The topological polar surface area (TPSA) is 131 Å². The van der Waals surface area contributed by atoms with Crippen LogP contribution in [0.25, 0.3) is 10.9 Å². The molecule has 0 bridgehead atoms. The first-order valence-electron chi connectivity index (χ1n) is 9.76. The number of carboxylic acid groups (broad SMARTS) is 1. The van der Waals surface area contributed by atoms with E-state index < -0.39 is 17.4 Å². The molecule has 0 aliphatic rings. The van der Waals surface area contributed by atoms with Gasteiger partial charge < -0.3 is 24.9 Å². The van der Waals surface area contributed by atoms with Crippen LogP contribution in [0.2, 0.25) is 0 Å². The number of unbranched alkanes of at least 4 members (excludes halogenated alkanes) is 1. The summed E-state index contributed by atoms with van der Waals surface area (Å²) < 4.78 is 10.7. The molecule has 2 aromatic carbocycles. The standard InChI is InChI=1S/C22H23N3O6/c1-30-15-8-9-18-17(12-15)21(28)25-20(24-18)22(29)23-13-14-5-4-6-16(11-14)31-10-3-2-7-19(26)27/h4-6,8-9,11-12H,2-3,7,10,13H2,1H3,(H,23,29)(H,26,27)(H,24,25,28). The Morgan fingerprint density at radius 2 is 1.97 bits per heavy atom. The lowest BCUT2D eigenvalue weighted by Crippen LogP contribution is -2.27. The summed E-state index contributed by atoms with van der Waals surface area (Å²) in [6.45, 7) is 0.634. The zero-order valence-corrected chi connectivity index (χ0v) is 17.0. The minimum Gasteiger partial charge on any atom is -0.497 e. The number of fused-ring (bicyclic) bond motifs is 1. The van der Waals surface area contributed by atoms with Crippen LogP contribution in [-0.2, 0) is 11.3 Å². The Hall–Kier alpha value is -3.88. The average molecular weight is 425 g/mol. The maximum absolute atomic E-state index is 12.5. The number of carbonyl (C=O) groups excluding carboxylic acids is 1. The second-order valence-corrected chi connectivity index (χ2v) is 6.83. The van der Waals surface area contributed by atoms with E-state index in [2.05, 4.69) is 15.3 Å². The minimum absolute atomic E-state index is 0.0755. The number of aromatic nitrogens is 2. The van der Waals surface area contributed by atoms with E-state index >= 15 is 0 Å². The molecule has 0 spiro atoms. The van der Waals surface area contributed by atoms with Gasteiger partial charge in [-0.15, -0.1) is 0 Å². The molecule has 3 rings (SSSR count). The molecule has 1 heterocycles. The van der Waals surface area contributed by atoms with Gasteiger partial charge in [-0.3, -0.25) is 14.4 Å². The number of rotatable bonds is 10. The Labute approximate surface area is 178 Å². The number of carbonyl (C=O) groups is 2. The van der Waals surface area contributed by atoms with Crippen molar-refractivity contribution in [2.24, 2.45) is 0 Å². The van der Waals surface area contributed by atoms with E-state index in [9.17, 15) is 14.4 Å². The van der Waals surface area contributed by atoms with E-state index in [4.69, 9.17) is 14.6 Å². The monoisotopic (exact) mass is 425 g/mol. The van der Waals surface area contributed by atoms with Gasteiger partial charge in [0.2, 0.25) is 0 Å². The number of benzene rings is 2. The molecular formula is C22H23N3O6. The van der Waals surface area contributed by atoms with Gasteiger partial charge in [-0.2, -0.15) is 0 Å². The summed E-state index contributed by atoms with van der Waals surface area (Å²) in [5, 5.41) is 11.7. The van der Waals surface area contributed by atoms with Crippen molar-refractivity contribution in [1.82, 2.24) is 15.3 Å². The highest BCUT2D eigenvalue weighted by molar-refractivity contribution is 5.92. The van der Waals surface area contributed by atoms with Crippen LogP contribution in [0.4, 0.5) is 0 Å². The van der Waals surface area contributed by atoms with Gasteiger partial charge in [0.05, 0.1) is 24.6 Å². The van der Waals surface area contributed by atoms with Crippen LogP contribution in [0.3, 0.4) is 0 Å². The average Bonchev–Trinajstić information content (AvgIpc) is 2.77. The van der Waals surface area contributed by atoms with Crippen molar-refractivity contribution in [3.8, 4) is 11.5 Å². The summed E-state index contributed by atoms with van der Waals surface area (Å²) in [4.78, 5) is 42.0. The Morgan fingerprint density at radius 3 is 2.74 bits per heavy atom. The lowest BCUT2D eigenvalue weighted by atomic mass is 10.2. The zero-order chi connectivity index (χ0) is 22.2. The Kier molecular flexibility index (Phi) is 7.21. The molecule has 162 valence electrons. The Balaban J connectivity index is 1.59. The van der Waals surface area contributed by atoms with Gasteiger partial charge in [0, 0.05) is 13.0 Å². The quantitative estimate of drug-likeness (QED) is 0.425. The molecule has 0 saturated heterocycles. The molecule has 31 heavy (non-hydrogen) atoms. The maximum atomic E-state index is 12.5. The summed E-state index contributed by atoms with van der Waals surface area (Å²) >= 11 is 0. The summed E-state index contributed by atoms with van der Waals surface area (Å²) in [5.41, 5.74) is 0.782. The van der Waals surface area contributed by atoms with Crippen LogP contribution >= 0.6 is 0 Å². The van der Waals surface area contributed by atoms with E-state index in [1.807, 2.05) is 6.07 Å². The fraction of sp³-hybridized carbons (Fsp3) is 0.273. The van der Waals surface area contributed by atoms with E-state index in [0.717, 1.165) is 5.56 Å². The number of nitrogens with zero attached hydrogens (tertiary/aromatic N) is 1. The van der Waals surface area contributed by atoms with Gasteiger partial charge in [0.25, 0.3) is 11.5 Å². The zero-order valence-electron chi connectivity index (χ0n) is 17.0. The number of amides is 1. The largest absolute Gasteiger partial charge is 0.497 e. The number of nitrogens with one attached hydrogen (secondary N) is 2. The predicted molar refractivity (Wildman–Crippen MR) is 114 cm³/mol. The molecule has 9 nitrogen and oxygen atoms in total. The highest BCUT2D eigenvalue weighted by Gasteiger charge is 2.12. The number of ether oxygens (including phenoxy) is 2. The maximum Gasteiger partial charge on any atom is 0.303 e. The van der Waals surface area contributed by atoms with Crippen LogP contribution in [0.5, 0.6) is 11.5 Å². The molecule has 3 N–H and O–H groups in total. The van der Waals surface area contributed by atoms with E-state index in [0.29, 0.717) is 41.9 Å². The second kappa shape index (κ2) is 10.2. The molecule has 0 aliphatic heterocycles. The number of aliphatic carboxylic acids is 1. The first-order chi connectivity index (χ1) is 15.0. The highest BCUT2D eigenvalue weighted by atomic mass is 16.5. The number of methoxy groups -OCH3 is 1. The fourth-order valence-electron chi connectivity index (χ4n) is 2.93. The van der Waals surface area contributed by atoms with Gasteiger partial charge in [-0.05, 0) is 48.7 Å². The van der Waals surface area contributed by atoms with Crippen LogP contribution in [0, 0.1) is 0 Å². The molecule has 0 unspecified atom stereocenters. The minimum atomic E-state index is -0.820. The number of aromatic amines is 1. The first kappa shape index (κ1) is 21.8. The van der Waals surface area contributed by atoms with Crippen LogP contribution in [0.15, 0.2) is 47.3 Å². The molecule has 0 fully saturated rings. The summed E-state index contributed by atoms with van der Waals surface area (Å²) in [6, 6.07) is 12.1. The SMILES string of the molecule is COc1ccc2nc(C(=O)NCc3cccc(OCCCCC(=O)O)c3)[nH]c(=O)c2c1. The lowest BCUT2D eigenvalue weighted by molar-refractivity contribution is -0.137. The number of hydrogen-bond acceptors (Lipinski definition) is 6. The van der Waals surface area contributed by atoms with Gasteiger partial charge in [-0.25, -0.2) is 4.98 Å². The van der Waals surface area contributed by atoms with Crippen molar-refractivity contribution < 1.29 is 24.2 Å². The third-order valence-electron chi connectivity index (χ3n) is 4.53. The number of carboxylic acids is 1. The Bertz CT molecular complexity index is 1140. The normalized spacial score (nSPS) is 10.6. The molecule has 1 amide bonds. The lowest BCUT2D eigenvalue weighted by Gasteiger charge is -2.09. The van der Waals surface area contributed by atoms with Crippen molar-refractivity contribution in [2.45, 2.75) is 25.8 Å². The van der Waals surface area contributed by atoms with Crippen molar-refractivity contribution in [1.29, 1.82) is 0 Å².